The highest BCUT2D eigenvalue weighted by atomic mass is 16.5. The summed E-state index contributed by atoms with van der Waals surface area (Å²) in [5, 5.41) is 32.1. The SMILES string of the molecule is COc1cc(C(=O)O[C@@H]2CC(C)=C[C@@H](O)[C@@]3(C)C(=O)C[C@@](O)(C(C)C)[C@H]23)ccc1O. The quantitative estimate of drug-likeness (QED) is 0.509. The molecule has 2 aliphatic carbocycles. The number of phenols is 1. The number of hydrogen-bond acceptors (Lipinski definition) is 7. The summed E-state index contributed by atoms with van der Waals surface area (Å²) in [6.45, 7) is 7.09. The van der Waals surface area contributed by atoms with E-state index >= 15 is 0 Å². The van der Waals surface area contributed by atoms with Gasteiger partial charge in [0, 0.05) is 18.8 Å². The number of ketones is 1. The smallest absolute Gasteiger partial charge is 0.338 e. The molecule has 1 aromatic carbocycles. The molecule has 3 N–H and O–H groups in total. The lowest BCUT2D eigenvalue weighted by Crippen LogP contribution is -2.53. The number of phenolic OH excluding ortho intramolecular Hbond substituents is 1. The number of aliphatic hydroxyl groups excluding tert-OH is 1. The van der Waals surface area contributed by atoms with Crippen LogP contribution in [0.25, 0.3) is 0 Å². The number of fused-ring (bicyclic) bond motifs is 1. The number of hydrogen-bond donors (Lipinski definition) is 3. The van der Waals surface area contributed by atoms with Crippen LogP contribution in [0, 0.1) is 17.3 Å². The Morgan fingerprint density at radius 2 is 1.97 bits per heavy atom. The van der Waals surface area contributed by atoms with Gasteiger partial charge in [-0.15, -0.1) is 0 Å². The van der Waals surface area contributed by atoms with Crippen molar-refractivity contribution in [1.82, 2.24) is 0 Å². The summed E-state index contributed by atoms with van der Waals surface area (Å²) in [5.74, 6) is -1.92. The van der Waals surface area contributed by atoms with Gasteiger partial charge in [-0.05, 0) is 38.0 Å². The molecule has 7 heteroatoms. The zero-order chi connectivity index (χ0) is 22.4. The average Bonchev–Trinajstić information content (AvgIpc) is 2.82. The van der Waals surface area contributed by atoms with Gasteiger partial charge in [0.1, 0.15) is 11.9 Å². The van der Waals surface area contributed by atoms with Crippen LogP contribution in [0.5, 0.6) is 11.5 Å². The van der Waals surface area contributed by atoms with Crippen LogP contribution < -0.4 is 4.74 Å². The third-order valence-corrected chi connectivity index (χ3v) is 6.85. The summed E-state index contributed by atoms with van der Waals surface area (Å²) < 4.78 is 10.9. The van der Waals surface area contributed by atoms with Crippen molar-refractivity contribution in [3.8, 4) is 11.5 Å². The van der Waals surface area contributed by atoms with Crippen molar-refractivity contribution < 1.29 is 34.4 Å². The Labute approximate surface area is 176 Å². The molecule has 7 nitrogen and oxygen atoms in total. The van der Waals surface area contributed by atoms with Gasteiger partial charge in [0.2, 0.25) is 0 Å². The summed E-state index contributed by atoms with van der Waals surface area (Å²) in [7, 11) is 1.38. The van der Waals surface area contributed by atoms with Crippen LogP contribution in [0.2, 0.25) is 0 Å². The number of rotatable bonds is 4. The lowest BCUT2D eigenvalue weighted by molar-refractivity contribution is -0.141. The molecule has 0 aliphatic heterocycles. The number of carbonyl (C=O) groups excluding carboxylic acids is 2. The van der Waals surface area contributed by atoms with Crippen LogP contribution in [0.4, 0.5) is 0 Å². The third-order valence-electron chi connectivity index (χ3n) is 6.85. The first-order valence-corrected chi connectivity index (χ1v) is 10.1. The van der Waals surface area contributed by atoms with Crippen LogP contribution >= 0.6 is 0 Å². The lowest BCUT2D eigenvalue weighted by atomic mass is 9.66. The average molecular weight is 418 g/mol. The van der Waals surface area contributed by atoms with E-state index in [0.717, 1.165) is 5.57 Å². The largest absolute Gasteiger partial charge is 0.504 e. The molecule has 0 saturated heterocycles. The van der Waals surface area contributed by atoms with Crippen molar-refractivity contribution in [2.24, 2.45) is 17.3 Å². The zero-order valence-corrected chi connectivity index (χ0v) is 18.0. The maximum Gasteiger partial charge on any atom is 0.338 e. The Bertz CT molecular complexity index is 890. The van der Waals surface area contributed by atoms with Gasteiger partial charge in [0.15, 0.2) is 11.5 Å². The third kappa shape index (κ3) is 3.40. The minimum Gasteiger partial charge on any atom is -0.504 e. The number of benzene rings is 1. The number of esters is 1. The van der Waals surface area contributed by atoms with Crippen molar-refractivity contribution in [2.75, 3.05) is 7.11 Å². The van der Waals surface area contributed by atoms with Gasteiger partial charge in [0.25, 0.3) is 0 Å². The zero-order valence-electron chi connectivity index (χ0n) is 18.0. The molecule has 0 bridgehead atoms. The summed E-state index contributed by atoms with van der Waals surface area (Å²) in [6, 6.07) is 4.13. The molecule has 30 heavy (non-hydrogen) atoms. The Kier molecular flexibility index (Phi) is 5.73. The minimum atomic E-state index is -1.41. The van der Waals surface area contributed by atoms with Gasteiger partial charge in [-0.25, -0.2) is 4.79 Å². The summed E-state index contributed by atoms with van der Waals surface area (Å²) in [4.78, 5) is 25.9. The fraction of sp³-hybridized carbons (Fsp3) is 0.565. The second kappa shape index (κ2) is 7.71. The Morgan fingerprint density at radius 3 is 2.57 bits per heavy atom. The minimum absolute atomic E-state index is 0.100. The molecular weight excluding hydrogens is 388 g/mol. The van der Waals surface area contributed by atoms with Gasteiger partial charge in [-0.2, -0.15) is 0 Å². The second-order valence-corrected chi connectivity index (χ2v) is 9.00. The van der Waals surface area contributed by atoms with E-state index in [2.05, 4.69) is 0 Å². The van der Waals surface area contributed by atoms with Gasteiger partial charge in [0.05, 0.1) is 29.8 Å². The molecule has 2 aliphatic rings. The van der Waals surface area contributed by atoms with Crippen LogP contribution in [-0.2, 0) is 9.53 Å². The van der Waals surface area contributed by atoms with Gasteiger partial charge in [-0.3, -0.25) is 4.79 Å². The van der Waals surface area contributed by atoms with Crippen LogP contribution in [-0.4, -0.2) is 52.0 Å². The molecule has 3 rings (SSSR count). The fourth-order valence-corrected chi connectivity index (χ4v) is 4.94. The summed E-state index contributed by atoms with van der Waals surface area (Å²) >= 11 is 0. The van der Waals surface area contributed by atoms with Crippen molar-refractivity contribution in [3.63, 3.8) is 0 Å². The molecule has 0 radical (unpaired) electrons. The highest BCUT2D eigenvalue weighted by Gasteiger charge is 2.66. The Morgan fingerprint density at radius 1 is 1.30 bits per heavy atom. The van der Waals surface area contributed by atoms with E-state index in [-0.39, 0.29) is 35.2 Å². The molecule has 0 heterocycles. The van der Waals surface area contributed by atoms with E-state index in [1.165, 1.54) is 25.3 Å². The standard InChI is InChI=1S/C23H30O7/c1-12(2)23(28)11-19(26)22(4)18(25)9-13(3)8-17(20(22)23)30-21(27)14-6-7-15(24)16(10-14)29-5/h6-7,9-10,12,17-18,20,24-25,28H,8,11H2,1-5H3/t17-,18-,20-,22+,23-/m1/s1. The molecule has 0 amide bonds. The molecule has 0 spiro atoms. The molecule has 1 saturated carbocycles. The first-order chi connectivity index (χ1) is 13.9. The molecule has 5 atom stereocenters. The van der Waals surface area contributed by atoms with E-state index in [1.54, 1.807) is 19.9 Å². The van der Waals surface area contributed by atoms with Gasteiger partial charge in [-0.1, -0.05) is 25.5 Å². The van der Waals surface area contributed by atoms with Gasteiger partial charge < -0.3 is 24.8 Å². The highest BCUT2D eigenvalue weighted by molar-refractivity contribution is 5.92. The first-order valence-electron chi connectivity index (χ1n) is 10.1. The lowest BCUT2D eigenvalue weighted by Gasteiger charge is -2.43. The van der Waals surface area contributed by atoms with E-state index in [0.29, 0.717) is 6.42 Å². The summed E-state index contributed by atoms with van der Waals surface area (Å²) in [5.41, 5.74) is -1.73. The Hall–Kier alpha value is -2.38. The molecule has 0 aromatic heterocycles. The van der Waals surface area contributed by atoms with Gasteiger partial charge >= 0.3 is 5.97 Å². The van der Waals surface area contributed by atoms with Crippen LogP contribution in [0.15, 0.2) is 29.8 Å². The number of methoxy groups -OCH3 is 1. The normalized spacial score (nSPS) is 33.7. The maximum atomic E-state index is 13.0. The molecule has 0 unspecified atom stereocenters. The predicted molar refractivity (Wildman–Crippen MR) is 109 cm³/mol. The van der Waals surface area contributed by atoms with Crippen molar-refractivity contribution in [3.05, 3.63) is 35.4 Å². The number of Topliss-reactive ketones (excluding diaryl/α,β-unsaturated/α-hetero) is 1. The topological polar surface area (TPSA) is 113 Å². The molecule has 1 fully saturated rings. The molecule has 1 aromatic rings. The monoisotopic (exact) mass is 418 g/mol. The highest BCUT2D eigenvalue weighted by Crippen LogP contribution is 2.56. The molecular formula is C23H30O7. The second-order valence-electron chi connectivity index (χ2n) is 9.00. The maximum absolute atomic E-state index is 13.0. The number of ether oxygens (including phenoxy) is 2. The van der Waals surface area contributed by atoms with Crippen molar-refractivity contribution in [1.29, 1.82) is 0 Å². The number of carbonyl (C=O) groups is 2. The van der Waals surface area contributed by atoms with E-state index < -0.39 is 35.1 Å². The van der Waals surface area contributed by atoms with E-state index in [1.807, 2.05) is 13.8 Å². The fourth-order valence-electron chi connectivity index (χ4n) is 4.94. The number of aromatic hydroxyl groups is 1. The summed E-state index contributed by atoms with van der Waals surface area (Å²) in [6.07, 6.45) is -0.0824. The van der Waals surface area contributed by atoms with Crippen molar-refractivity contribution in [2.45, 2.75) is 58.3 Å². The van der Waals surface area contributed by atoms with Crippen LogP contribution in [0.3, 0.4) is 0 Å². The first kappa shape index (κ1) is 22.3. The molecule has 164 valence electrons. The van der Waals surface area contributed by atoms with E-state index in [4.69, 9.17) is 9.47 Å². The van der Waals surface area contributed by atoms with E-state index in [9.17, 15) is 24.9 Å². The van der Waals surface area contributed by atoms with Crippen molar-refractivity contribution >= 4 is 11.8 Å². The van der Waals surface area contributed by atoms with Crippen LogP contribution in [0.1, 0.15) is 50.9 Å². The Balaban J connectivity index is 2.02. The predicted octanol–water partition coefficient (Wildman–Crippen LogP) is 2.62. The number of aliphatic hydroxyl groups is 2.